The number of methoxy groups -OCH3 is 1. The number of carbonyl (C=O) groups excluding carboxylic acids is 1. The molecule has 4 aromatic rings. The minimum atomic E-state index is -1.09. The van der Waals surface area contributed by atoms with Crippen molar-refractivity contribution in [1.29, 1.82) is 0 Å². The fourth-order valence-electron chi connectivity index (χ4n) is 5.15. The SMILES string of the molecule is COC(=O)c1cc(Cl)c(CN2CCC(O)(Cn3cnc4c(-c5ccc(CN)cc5)n(C)nc4c3=O)CC2)c(Cl)c1. The molecule has 0 amide bonds. The third kappa shape index (κ3) is 5.50. The quantitative estimate of drug-likeness (QED) is 0.316. The lowest BCUT2D eigenvalue weighted by molar-refractivity contribution is -0.0364. The maximum atomic E-state index is 13.4. The molecule has 1 fully saturated rings. The summed E-state index contributed by atoms with van der Waals surface area (Å²) in [5.41, 5.74) is 8.72. The Hall–Kier alpha value is -3.28. The molecule has 10 nitrogen and oxygen atoms in total. The minimum absolute atomic E-state index is 0.106. The third-order valence-corrected chi connectivity index (χ3v) is 8.14. The fourth-order valence-corrected chi connectivity index (χ4v) is 5.75. The van der Waals surface area contributed by atoms with Crippen molar-refractivity contribution in [2.75, 3.05) is 20.2 Å². The van der Waals surface area contributed by atoms with Crippen molar-refractivity contribution >= 4 is 40.2 Å². The van der Waals surface area contributed by atoms with Crippen LogP contribution in [0.5, 0.6) is 0 Å². The number of esters is 1. The van der Waals surface area contributed by atoms with E-state index in [0.717, 1.165) is 16.8 Å². The first kappa shape index (κ1) is 28.3. The van der Waals surface area contributed by atoms with Gasteiger partial charge in [0.15, 0.2) is 5.52 Å². The van der Waals surface area contributed by atoms with E-state index in [2.05, 4.69) is 15.0 Å². The second kappa shape index (κ2) is 11.3. The van der Waals surface area contributed by atoms with Gasteiger partial charge in [0.2, 0.25) is 0 Å². The van der Waals surface area contributed by atoms with Crippen molar-refractivity contribution < 1.29 is 14.6 Å². The number of aryl methyl sites for hydroxylation is 1. The molecule has 3 N–H and O–H groups in total. The zero-order chi connectivity index (χ0) is 28.6. The van der Waals surface area contributed by atoms with Gasteiger partial charge in [0, 0.05) is 54.4 Å². The number of piperidine rings is 1. The van der Waals surface area contributed by atoms with E-state index >= 15 is 0 Å². The van der Waals surface area contributed by atoms with Gasteiger partial charge in [0.25, 0.3) is 5.56 Å². The Balaban J connectivity index is 1.30. The van der Waals surface area contributed by atoms with Crippen molar-refractivity contribution in [3.05, 3.63) is 79.8 Å². The highest BCUT2D eigenvalue weighted by atomic mass is 35.5. The fraction of sp³-hybridized carbons (Fsp3) is 0.357. The van der Waals surface area contributed by atoms with Crippen LogP contribution < -0.4 is 11.3 Å². The normalized spacial score (nSPS) is 15.4. The summed E-state index contributed by atoms with van der Waals surface area (Å²) in [6.07, 6.45) is 2.36. The number of aliphatic hydroxyl groups is 1. The van der Waals surface area contributed by atoms with Crippen molar-refractivity contribution in [1.82, 2.24) is 24.2 Å². The second-order valence-electron chi connectivity index (χ2n) is 10.2. The van der Waals surface area contributed by atoms with Crippen LogP contribution in [0, 0.1) is 0 Å². The number of nitrogens with zero attached hydrogens (tertiary/aromatic N) is 5. The molecule has 1 aliphatic heterocycles. The van der Waals surface area contributed by atoms with Gasteiger partial charge < -0.3 is 15.6 Å². The van der Waals surface area contributed by atoms with Crippen molar-refractivity contribution in [3.63, 3.8) is 0 Å². The van der Waals surface area contributed by atoms with Crippen LogP contribution in [0.4, 0.5) is 0 Å². The molecule has 2 aromatic heterocycles. The van der Waals surface area contributed by atoms with Gasteiger partial charge >= 0.3 is 5.97 Å². The van der Waals surface area contributed by atoms with E-state index in [0.29, 0.717) is 60.1 Å². The summed E-state index contributed by atoms with van der Waals surface area (Å²) in [6.45, 7) is 2.15. The highest BCUT2D eigenvalue weighted by molar-refractivity contribution is 6.36. The molecule has 3 heterocycles. The van der Waals surface area contributed by atoms with Crippen LogP contribution in [-0.2, 0) is 31.4 Å². The van der Waals surface area contributed by atoms with Crippen LogP contribution in [0.25, 0.3) is 22.3 Å². The van der Waals surface area contributed by atoms with E-state index in [1.165, 1.54) is 18.0 Å². The number of hydrogen-bond acceptors (Lipinski definition) is 8. The minimum Gasteiger partial charge on any atom is -0.465 e. The predicted octanol–water partition coefficient (Wildman–Crippen LogP) is 3.38. The zero-order valence-electron chi connectivity index (χ0n) is 22.2. The number of rotatable bonds is 7. The highest BCUT2D eigenvalue weighted by Gasteiger charge is 2.34. The number of benzene rings is 2. The smallest absolute Gasteiger partial charge is 0.337 e. The maximum Gasteiger partial charge on any atom is 0.337 e. The van der Waals surface area contributed by atoms with E-state index in [9.17, 15) is 14.7 Å². The van der Waals surface area contributed by atoms with Crippen molar-refractivity contribution in [2.24, 2.45) is 12.8 Å². The van der Waals surface area contributed by atoms with Gasteiger partial charge in [-0.3, -0.25) is 18.9 Å². The Labute approximate surface area is 240 Å². The number of nitrogens with two attached hydrogens (primary N) is 1. The molecule has 1 aliphatic rings. The lowest BCUT2D eigenvalue weighted by atomic mass is 9.91. The van der Waals surface area contributed by atoms with E-state index in [-0.39, 0.29) is 23.2 Å². The van der Waals surface area contributed by atoms with Gasteiger partial charge in [0.1, 0.15) is 5.52 Å². The van der Waals surface area contributed by atoms with Gasteiger partial charge in [0.05, 0.1) is 36.8 Å². The number of hydrogen-bond donors (Lipinski definition) is 2. The summed E-state index contributed by atoms with van der Waals surface area (Å²) in [4.78, 5) is 31.9. The average Bonchev–Trinajstić information content (AvgIpc) is 3.29. The molecule has 5 rings (SSSR count). The van der Waals surface area contributed by atoms with E-state index < -0.39 is 11.6 Å². The Morgan fingerprint density at radius 3 is 2.38 bits per heavy atom. The van der Waals surface area contributed by atoms with E-state index in [1.54, 1.807) is 23.9 Å². The molecule has 40 heavy (non-hydrogen) atoms. The topological polar surface area (TPSA) is 128 Å². The Morgan fingerprint density at radius 1 is 1.12 bits per heavy atom. The van der Waals surface area contributed by atoms with Gasteiger partial charge in [-0.15, -0.1) is 0 Å². The molecule has 0 saturated carbocycles. The lowest BCUT2D eigenvalue weighted by Crippen LogP contribution is -2.47. The molecule has 2 aromatic carbocycles. The van der Waals surface area contributed by atoms with Gasteiger partial charge in [-0.05, 0) is 30.5 Å². The Kier molecular flexibility index (Phi) is 7.98. The summed E-state index contributed by atoms with van der Waals surface area (Å²) in [5, 5.41) is 16.6. The van der Waals surface area contributed by atoms with Crippen LogP contribution in [0.3, 0.4) is 0 Å². The van der Waals surface area contributed by atoms with Gasteiger partial charge in [-0.25, -0.2) is 9.78 Å². The van der Waals surface area contributed by atoms with Gasteiger partial charge in [-0.1, -0.05) is 47.5 Å². The first-order chi connectivity index (χ1) is 19.1. The number of carbonyl (C=O) groups is 1. The first-order valence-electron chi connectivity index (χ1n) is 12.8. The molecule has 0 aliphatic carbocycles. The number of aromatic nitrogens is 4. The first-order valence-corrected chi connectivity index (χ1v) is 13.6. The molecule has 0 atom stereocenters. The molecule has 0 bridgehead atoms. The van der Waals surface area contributed by atoms with Crippen LogP contribution in [0.1, 0.15) is 34.3 Å². The summed E-state index contributed by atoms with van der Waals surface area (Å²) in [6, 6.07) is 10.9. The molecular weight excluding hydrogens is 555 g/mol. The van der Waals surface area contributed by atoms with Gasteiger partial charge in [-0.2, -0.15) is 5.10 Å². The Morgan fingerprint density at radius 2 is 1.77 bits per heavy atom. The van der Waals surface area contributed by atoms with Crippen LogP contribution >= 0.6 is 23.2 Å². The van der Waals surface area contributed by atoms with E-state index in [1.807, 2.05) is 24.3 Å². The zero-order valence-corrected chi connectivity index (χ0v) is 23.7. The predicted molar refractivity (Wildman–Crippen MR) is 153 cm³/mol. The van der Waals surface area contributed by atoms with E-state index in [4.69, 9.17) is 33.7 Å². The number of likely N-dealkylation sites (tertiary alicyclic amines) is 1. The van der Waals surface area contributed by atoms with Crippen LogP contribution in [0.15, 0.2) is 47.5 Å². The number of ether oxygens (including phenoxy) is 1. The number of halogens is 2. The van der Waals surface area contributed by atoms with Crippen LogP contribution in [0.2, 0.25) is 10.0 Å². The standard InChI is InChI=1S/C28H30Cl2N6O4/c1-34-25(18-5-3-17(13-31)4-6-18)23-24(33-34)26(37)36(16-32-23)15-28(39)7-9-35(10-8-28)14-20-21(29)11-19(12-22(20)30)27(38)40-2/h3-6,11-12,16,39H,7-10,13-15,31H2,1-2H3. The Bertz CT molecular complexity index is 1600. The van der Waals surface area contributed by atoms with Crippen molar-refractivity contribution in [3.8, 4) is 11.3 Å². The largest absolute Gasteiger partial charge is 0.465 e. The lowest BCUT2D eigenvalue weighted by Gasteiger charge is -2.38. The molecule has 210 valence electrons. The summed E-state index contributed by atoms with van der Waals surface area (Å²) >= 11 is 12.8. The van der Waals surface area contributed by atoms with Crippen LogP contribution in [-0.4, -0.2) is 61.1 Å². The molecule has 0 radical (unpaired) electrons. The molecule has 0 unspecified atom stereocenters. The second-order valence-corrected chi connectivity index (χ2v) is 11.0. The summed E-state index contributed by atoms with van der Waals surface area (Å²) < 4.78 is 7.83. The van der Waals surface area contributed by atoms with Crippen molar-refractivity contribution in [2.45, 2.75) is 38.1 Å². The highest BCUT2D eigenvalue weighted by Crippen LogP contribution is 2.31. The molecular formula is C28H30Cl2N6O4. The maximum absolute atomic E-state index is 13.4. The average molecular weight is 585 g/mol. The summed E-state index contributed by atoms with van der Waals surface area (Å²) in [5.74, 6) is -0.510. The number of fused-ring (bicyclic) bond motifs is 1. The molecule has 12 heteroatoms. The molecule has 1 saturated heterocycles. The molecule has 0 spiro atoms. The summed E-state index contributed by atoms with van der Waals surface area (Å²) in [7, 11) is 3.08. The monoisotopic (exact) mass is 584 g/mol. The third-order valence-electron chi connectivity index (χ3n) is 7.47.